The predicted octanol–water partition coefficient (Wildman–Crippen LogP) is 3.52. The zero-order chi connectivity index (χ0) is 13.9. The first-order valence-corrected chi connectivity index (χ1v) is 8.40. The van der Waals surface area contributed by atoms with Crippen LogP contribution < -0.4 is 5.32 Å². The Morgan fingerprint density at radius 3 is 2.32 bits per heavy atom. The van der Waals surface area contributed by atoms with E-state index in [1.807, 2.05) is 0 Å². The van der Waals surface area contributed by atoms with Crippen molar-refractivity contribution in [3.8, 4) is 0 Å². The van der Waals surface area contributed by atoms with Crippen LogP contribution in [0.3, 0.4) is 0 Å². The standard InChI is InChI=1S/C17H34N2/c1-17(2,3)15-8-9-16(18-4)14(12-15)13-19-10-6-5-7-11-19/h14-16,18H,5-13H2,1-4H3. The molecule has 2 nitrogen and oxygen atoms in total. The molecule has 1 aliphatic heterocycles. The van der Waals surface area contributed by atoms with Crippen LogP contribution >= 0.6 is 0 Å². The fraction of sp³-hybridized carbons (Fsp3) is 1.00. The van der Waals surface area contributed by atoms with E-state index in [0.717, 1.165) is 17.9 Å². The third-order valence-corrected chi connectivity index (χ3v) is 5.52. The van der Waals surface area contributed by atoms with Crippen LogP contribution in [-0.2, 0) is 0 Å². The molecule has 1 saturated carbocycles. The van der Waals surface area contributed by atoms with Gasteiger partial charge in [0.1, 0.15) is 0 Å². The molecular weight excluding hydrogens is 232 g/mol. The van der Waals surface area contributed by atoms with Gasteiger partial charge in [0.15, 0.2) is 0 Å². The summed E-state index contributed by atoms with van der Waals surface area (Å²) in [6, 6.07) is 0.750. The zero-order valence-electron chi connectivity index (χ0n) is 13.5. The molecule has 1 aliphatic carbocycles. The number of rotatable bonds is 3. The first-order chi connectivity index (χ1) is 9.00. The summed E-state index contributed by atoms with van der Waals surface area (Å²) in [6.45, 7) is 11.3. The lowest BCUT2D eigenvalue weighted by Gasteiger charge is -2.44. The molecule has 0 radical (unpaired) electrons. The summed E-state index contributed by atoms with van der Waals surface area (Å²) >= 11 is 0. The van der Waals surface area contributed by atoms with Gasteiger partial charge in [0, 0.05) is 12.6 Å². The summed E-state index contributed by atoms with van der Waals surface area (Å²) in [7, 11) is 2.16. The Hall–Kier alpha value is -0.0800. The van der Waals surface area contributed by atoms with Crippen LogP contribution in [0.2, 0.25) is 0 Å². The van der Waals surface area contributed by atoms with E-state index in [9.17, 15) is 0 Å². The van der Waals surface area contributed by atoms with Gasteiger partial charge >= 0.3 is 0 Å². The highest BCUT2D eigenvalue weighted by atomic mass is 15.1. The molecule has 0 aromatic heterocycles. The van der Waals surface area contributed by atoms with E-state index < -0.39 is 0 Å². The van der Waals surface area contributed by atoms with Crippen molar-refractivity contribution >= 4 is 0 Å². The third-order valence-electron chi connectivity index (χ3n) is 5.52. The highest BCUT2D eigenvalue weighted by Gasteiger charge is 2.35. The minimum atomic E-state index is 0.485. The minimum Gasteiger partial charge on any atom is -0.317 e. The Morgan fingerprint density at radius 1 is 1.05 bits per heavy atom. The molecule has 2 rings (SSSR count). The summed E-state index contributed by atoms with van der Waals surface area (Å²) in [5.74, 6) is 1.77. The fourth-order valence-corrected chi connectivity index (χ4v) is 4.11. The monoisotopic (exact) mass is 266 g/mol. The van der Waals surface area contributed by atoms with E-state index >= 15 is 0 Å². The van der Waals surface area contributed by atoms with Crippen molar-refractivity contribution in [2.24, 2.45) is 17.3 Å². The first-order valence-electron chi connectivity index (χ1n) is 8.40. The zero-order valence-corrected chi connectivity index (χ0v) is 13.5. The van der Waals surface area contributed by atoms with E-state index in [1.54, 1.807) is 0 Å². The molecule has 2 fully saturated rings. The highest BCUT2D eigenvalue weighted by molar-refractivity contribution is 4.90. The quantitative estimate of drug-likeness (QED) is 0.841. The van der Waals surface area contributed by atoms with E-state index in [-0.39, 0.29) is 0 Å². The van der Waals surface area contributed by atoms with Crippen molar-refractivity contribution in [1.82, 2.24) is 10.2 Å². The number of likely N-dealkylation sites (tertiary alicyclic amines) is 1. The van der Waals surface area contributed by atoms with Crippen molar-refractivity contribution in [2.45, 2.75) is 65.3 Å². The van der Waals surface area contributed by atoms with Crippen molar-refractivity contribution in [2.75, 3.05) is 26.7 Å². The first kappa shape index (κ1) is 15.3. The molecule has 1 saturated heterocycles. The van der Waals surface area contributed by atoms with Gasteiger partial charge in [-0.15, -0.1) is 0 Å². The van der Waals surface area contributed by atoms with Crippen LogP contribution in [0.15, 0.2) is 0 Å². The van der Waals surface area contributed by atoms with Crippen molar-refractivity contribution in [3.05, 3.63) is 0 Å². The van der Waals surface area contributed by atoms with Crippen molar-refractivity contribution < 1.29 is 0 Å². The molecule has 0 bridgehead atoms. The maximum Gasteiger partial charge on any atom is 0.0105 e. The molecule has 1 N–H and O–H groups in total. The van der Waals surface area contributed by atoms with Crippen molar-refractivity contribution in [1.29, 1.82) is 0 Å². The fourth-order valence-electron chi connectivity index (χ4n) is 4.11. The molecule has 0 aromatic rings. The number of hydrogen-bond donors (Lipinski definition) is 1. The van der Waals surface area contributed by atoms with Crippen LogP contribution in [0, 0.1) is 17.3 Å². The van der Waals surface area contributed by atoms with E-state index in [4.69, 9.17) is 0 Å². The molecule has 2 aliphatic rings. The van der Waals surface area contributed by atoms with Crippen LogP contribution in [0.25, 0.3) is 0 Å². The van der Waals surface area contributed by atoms with Gasteiger partial charge in [0.25, 0.3) is 0 Å². The number of nitrogens with one attached hydrogen (secondary N) is 1. The molecule has 112 valence electrons. The lowest BCUT2D eigenvalue weighted by atomic mass is 9.67. The van der Waals surface area contributed by atoms with Gasteiger partial charge in [-0.25, -0.2) is 0 Å². The van der Waals surface area contributed by atoms with Crippen LogP contribution in [0.1, 0.15) is 59.3 Å². The van der Waals surface area contributed by atoms with Gasteiger partial charge in [0.2, 0.25) is 0 Å². The average Bonchev–Trinajstić information content (AvgIpc) is 2.39. The van der Waals surface area contributed by atoms with Gasteiger partial charge in [-0.1, -0.05) is 27.2 Å². The van der Waals surface area contributed by atoms with Gasteiger partial charge < -0.3 is 10.2 Å². The Bertz CT molecular complexity index is 263. The van der Waals surface area contributed by atoms with E-state index in [0.29, 0.717) is 5.41 Å². The molecule has 0 amide bonds. The van der Waals surface area contributed by atoms with Gasteiger partial charge in [0.05, 0.1) is 0 Å². The maximum atomic E-state index is 3.59. The van der Waals surface area contributed by atoms with E-state index in [2.05, 4.69) is 38.0 Å². The summed E-state index contributed by atoms with van der Waals surface area (Å²) in [5.41, 5.74) is 0.485. The van der Waals surface area contributed by atoms with Crippen molar-refractivity contribution in [3.63, 3.8) is 0 Å². The molecule has 1 heterocycles. The molecular formula is C17H34N2. The predicted molar refractivity (Wildman–Crippen MR) is 83.4 cm³/mol. The average molecular weight is 266 g/mol. The lowest BCUT2D eigenvalue weighted by Crippen LogP contribution is -2.47. The van der Waals surface area contributed by atoms with Crippen LogP contribution in [0.5, 0.6) is 0 Å². The lowest BCUT2D eigenvalue weighted by molar-refractivity contribution is 0.0837. The topological polar surface area (TPSA) is 15.3 Å². The highest BCUT2D eigenvalue weighted by Crippen LogP contribution is 2.40. The summed E-state index contributed by atoms with van der Waals surface area (Å²) < 4.78 is 0. The Kier molecular flexibility index (Phi) is 5.30. The molecule has 3 unspecified atom stereocenters. The second-order valence-electron chi connectivity index (χ2n) is 7.89. The molecule has 0 aromatic carbocycles. The molecule has 19 heavy (non-hydrogen) atoms. The van der Waals surface area contributed by atoms with Gasteiger partial charge in [-0.2, -0.15) is 0 Å². The summed E-state index contributed by atoms with van der Waals surface area (Å²) in [4.78, 5) is 2.73. The van der Waals surface area contributed by atoms with Gasteiger partial charge in [-0.3, -0.25) is 0 Å². The number of hydrogen-bond acceptors (Lipinski definition) is 2. The molecule has 0 spiro atoms. The largest absolute Gasteiger partial charge is 0.317 e. The second kappa shape index (κ2) is 6.58. The summed E-state index contributed by atoms with van der Waals surface area (Å²) in [5, 5.41) is 3.59. The molecule has 2 heteroatoms. The van der Waals surface area contributed by atoms with E-state index in [1.165, 1.54) is 58.2 Å². The minimum absolute atomic E-state index is 0.485. The normalized spacial score (nSPS) is 34.4. The third kappa shape index (κ3) is 4.19. The summed E-state index contributed by atoms with van der Waals surface area (Å²) in [6.07, 6.45) is 8.48. The Morgan fingerprint density at radius 2 is 1.74 bits per heavy atom. The Balaban J connectivity index is 1.93. The Labute approximate surface area is 120 Å². The maximum absolute atomic E-state index is 3.59. The number of nitrogens with zero attached hydrogens (tertiary/aromatic N) is 1. The van der Waals surface area contributed by atoms with Crippen LogP contribution in [0.4, 0.5) is 0 Å². The number of piperidine rings is 1. The second-order valence-corrected chi connectivity index (χ2v) is 7.89. The smallest absolute Gasteiger partial charge is 0.0105 e. The van der Waals surface area contributed by atoms with Crippen LogP contribution in [-0.4, -0.2) is 37.6 Å². The SMILES string of the molecule is CNC1CCC(C(C)(C)C)CC1CN1CCCCC1. The molecule has 3 atom stereocenters. The van der Waals surface area contributed by atoms with Gasteiger partial charge in [-0.05, 0) is 69.5 Å².